The summed E-state index contributed by atoms with van der Waals surface area (Å²) in [6, 6.07) is 0. The van der Waals surface area contributed by atoms with Crippen molar-refractivity contribution in [3.05, 3.63) is 0 Å². The van der Waals surface area contributed by atoms with Crippen molar-refractivity contribution in [2.75, 3.05) is 33.0 Å². The number of unbranched alkanes of at least 4 members (excludes halogenated alkanes) is 6. The van der Waals surface area contributed by atoms with Gasteiger partial charge in [-0.1, -0.05) is 86.0 Å². The summed E-state index contributed by atoms with van der Waals surface area (Å²) in [5.41, 5.74) is 0. The largest absolute Gasteiger partial charge is 0.465 e. The molecule has 0 aliphatic carbocycles. The van der Waals surface area contributed by atoms with Gasteiger partial charge < -0.3 is 23.7 Å². The lowest BCUT2D eigenvalue weighted by atomic mass is 10.0. The van der Waals surface area contributed by atoms with Crippen LogP contribution in [0.4, 0.5) is 0 Å². The Bertz CT molecular complexity index is 584. The average Bonchev–Trinajstić information content (AvgIpc) is 3.80. The fourth-order valence-electron chi connectivity index (χ4n) is 4.71. The first kappa shape index (κ1) is 32.5. The smallest absolute Gasteiger partial charge is 0.305 e. The van der Waals surface area contributed by atoms with E-state index in [0.29, 0.717) is 62.5 Å². The van der Waals surface area contributed by atoms with E-state index in [0.717, 1.165) is 38.9 Å². The first-order valence-electron chi connectivity index (χ1n) is 15.5. The Hall–Kier alpha value is -0.690. The molecule has 0 aromatic rings. The average molecular weight is 527 g/mol. The summed E-state index contributed by atoms with van der Waals surface area (Å²) in [4.78, 5) is 12.0. The van der Waals surface area contributed by atoms with Gasteiger partial charge in [0.05, 0.1) is 50.8 Å². The summed E-state index contributed by atoms with van der Waals surface area (Å²) in [6.07, 6.45) is 16.6. The van der Waals surface area contributed by atoms with Crippen LogP contribution in [0.5, 0.6) is 0 Å². The molecule has 7 unspecified atom stereocenters. The third kappa shape index (κ3) is 16.1. The summed E-state index contributed by atoms with van der Waals surface area (Å²) in [5.74, 6) is 1.12. The lowest BCUT2D eigenvalue weighted by Gasteiger charge is -2.17. The molecular weight excluding hydrogens is 468 g/mol. The van der Waals surface area contributed by atoms with E-state index in [1.54, 1.807) is 0 Å². The Morgan fingerprint density at radius 1 is 0.649 bits per heavy atom. The van der Waals surface area contributed by atoms with E-state index in [1.807, 2.05) is 0 Å². The van der Waals surface area contributed by atoms with Gasteiger partial charge in [0.2, 0.25) is 0 Å². The van der Waals surface area contributed by atoms with Gasteiger partial charge in [0.1, 0.15) is 0 Å². The number of carbonyl (C=O) groups is 1. The van der Waals surface area contributed by atoms with Crippen LogP contribution in [-0.4, -0.2) is 63.4 Å². The lowest BCUT2D eigenvalue weighted by molar-refractivity contribution is -0.145. The molecule has 2 aliphatic rings. The minimum atomic E-state index is -0.0804. The maximum atomic E-state index is 12.0. The standard InChI is InChI=1S/C31H58O6/c1-6-8-12-15-27-29(36-27)18-30-28(37-30)16-13-10-9-11-14-17-31(32)35-23-26(5)22-34-21-25(4)20-33-19-24(3)7-2/h24-30H,6-23H2,1-5H3. The first-order valence-corrected chi connectivity index (χ1v) is 15.5. The molecule has 0 radical (unpaired) electrons. The number of hydrogen-bond acceptors (Lipinski definition) is 6. The van der Waals surface area contributed by atoms with Crippen molar-refractivity contribution in [3.8, 4) is 0 Å². The molecule has 0 aromatic carbocycles. The van der Waals surface area contributed by atoms with Crippen LogP contribution in [0.15, 0.2) is 0 Å². The van der Waals surface area contributed by atoms with Crippen LogP contribution < -0.4 is 0 Å². The number of epoxide rings is 2. The molecule has 0 spiro atoms. The predicted molar refractivity (Wildman–Crippen MR) is 149 cm³/mol. The van der Waals surface area contributed by atoms with Crippen LogP contribution in [0.3, 0.4) is 0 Å². The van der Waals surface area contributed by atoms with Crippen molar-refractivity contribution < 1.29 is 28.5 Å². The van der Waals surface area contributed by atoms with E-state index in [9.17, 15) is 4.79 Å². The quantitative estimate of drug-likeness (QED) is 0.0717. The van der Waals surface area contributed by atoms with Crippen LogP contribution in [0.1, 0.15) is 118 Å². The molecule has 218 valence electrons. The van der Waals surface area contributed by atoms with Crippen LogP contribution >= 0.6 is 0 Å². The molecule has 6 nitrogen and oxygen atoms in total. The number of carbonyl (C=O) groups excluding carboxylic acids is 1. The normalized spacial score (nSPS) is 25.0. The zero-order chi connectivity index (χ0) is 26.9. The van der Waals surface area contributed by atoms with Crippen molar-refractivity contribution >= 4 is 5.97 Å². The number of esters is 1. The third-order valence-corrected chi connectivity index (χ3v) is 7.64. The van der Waals surface area contributed by atoms with Gasteiger partial charge >= 0.3 is 5.97 Å². The maximum Gasteiger partial charge on any atom is 0.305 e. The molecule has 0 bridgehead atoms. The van der Waals surface area contributed by atoms with Crippen molar-refractivity contribution in [1.29, 1.82) is 0 Å². The van der Waals surface area contributed by atoms with E-state index in [-0.39, 0.29) is 11.9 Å². The second-order valence-electron chi connectivity index (χ2n) is 11.9. The summed E-state index contributed by atoms with van der Waals surface area (Å²) in [5, 5.41) is 0. The minimum absolute atomic E-state index is 0.0804. The molecule has 6 heteroatoms. The molecule has 2 saturated heterocycles. The van der Waals surface area contributed by atoms with E-state index < -0.39 is 0 Å². The fourth-order valence-corrected chi connectivity index (χ4v) is 4.71. The highest BCUT2D eigenvalue weighted by atomic mass is 16.6. The van der Waals surface area contributed by atoms with Gasteiger partial charge in [-0.2, -0.15) is 0 Å². The Labute approximate surface area is 227 Å². The highest BCUT2D eigenvalue weighted by molar-refractivity contribution is 5.69. The van der Waals surface area contributed by atoms with Gasteiger partial charge in [-0.25, -0.2) is 0 Å². The van der Waals surface area contributed by atoms with E-state index >= 15 is 0 Å². The number of hydrogen-bond donors (Lipinski definition) is 0. The lowest BCUT2D eigenvalue weighted by Crippen LogP contribution is -2.20. The Morgan fingerprint density at radius 2 is 1.16 bits per heavy atom. The molecule has 2 rings (SSSR count). The van der Waals surface area contributed by atoms with Gasteiger partial charge in [0, 0.05) is 31.3 Å². The van der Waals surface area contributed by atoms with E-state index in [2.05, 4.69) is 34.6 Å². The zero-order valence-corrected chi connectivity index (χ0v) is 24.7. The fraction of sp³-hybridized carbons (Fsp3) is 0.968. The van der Waals surface area contributed by atoms with Crippen LogP contribution in [0, 0.1) is 17.8 Å². The second-order valence-corrected chi connectivity index (χ2v) is 11.9. The Kier molecular flexibility index (Phi) is 17.0. The van der Waals surface area contributed by atoms with Crippen molar-refractivity contribution in [1.82, 2.24) is 0 Å². The highest BCUT2D eigenvalue weighted by Gasteiger charge is 2.47. The van der Waals surface area contributed by atoms with Gasteiger partial charge in [0.25, 0.3) is 0 Å². The maximum absolute atomic E-state index is 12.0. The molecule has 2 aliphatic heterocycles. The molecule has 7 atom stereocenters. The topological polar surface area (TPSA) is 69.8 Å². The van der Waals surface area contributed by atoms with E-state index in [1.165, 1.54) is 51.4 Å². The summed E-state index contributed by atoms with van der Waals surface area (Å²) < 4.78 is 28.6. The van der Waals surface area contributed by atoms with Crippen molar-refractivity contribution in [3.63, 3.8) is 0 Å². The Morgan fingerprint density at radius 3 is 1.76 bits per heavy atom. The van der Waals surface area contributed by atoms with E-state index in [4.69, 9.17) is 23.7 Å². The van der Waals surface area contributed by atoms with Crippen LogP contribution in [0.25, 0.3) is 0 Å². The van der Waals surface area contributed by atoms with Crippen molar-refractivity contribution in [2.24, 2.45) is 17.8 Å². The molecule has 0 aromatic heterocycles. The predicted octanol–water partition coefficient (Wildman–Crippen LogP) is 7.12. The first-order chi connectivity index (χ1) is 17.9. The zero-order valence-electron chi connectivity index (χ0n) is 24.7. The monoisotopic (exact) mass is 526 g/mol. The number of rotatable bonds is 25. The molecule has 37 heavy (non-hydrogen) atoms. The van der Waals surface area contributed by atoms with Gasteiger partial charge in [-0.15, -0.1) is 0 Å². The second kappa shape index (κ2) is 19.4. The SMILES string of the molecule is CCCCCC1OC1CC1OC1CCCCCCCC(=O)OCC(C)COCC(C)COCC(C)CC. The van der Waals surface area contributed by atoms with Gasteiger partial charge in [-0.05, 0) is 25.2 Å². The van der Waals surface area contributed by atoms with Gasteiger partial charge in [0.15, 0.2) is 0 Å². The molecule has 2 fully saturated rings. The summed E-state index contributed by atoms with van der Waals surface area (Å²) in [7, 11) is 0. The number of ether oxygens (including phenoxy) is 5. The molecule has 0 saturated carbocycles. The minimum Gasteiger partial charge on any atom is -0.465 e. The summed E-state index contributed by atoms with van der Waals surface area (Å²) >= 11 is 0. The third-order valence-electron chi connectivity index (χ3n) is 7.64. The molecular formula is C31H58O6. The van der Waals surface area contributed by atoms with Crippen LogP contribution in [0.2, 0.25) is 0 Å². The highest BCUT2D eigenvalue weighted by Crippen LogP contribution is 2.39. The van der Waals surface area contributed by atoms with Crippen LogP contribution in [-0.2, 0) is 28.5 Å². The molecule has 0 amide bonds. The Balaban J connectivity index is 1.32. The van der Waals surface area contributed by atoms with Crippen molar-refractivity contribution in [2.45, 2.75) is 143 Å². The van der Waals surface area contributed by atoms with Gasteiger partial charge in [-0.3, -0.25) is 4.79 Å². The molecule has 2 heterocycles. The molecule has 0 N–H and O–H groups in total. The summed E-state index contributed by atoms with van der Waals surface area (Å²) in [6.45, 7) is 14.1.